The Morgan fingerprint density at radius 2 is 1.74 bits per heavy atom. The van der Waals surface area contributed by atoms with Crippen molar-refractivity contribution in [2.45, 2.75) is 81.9 Å². The Balaban J connectivity index is 1.33. The molecule has 1 aliphatic heterocycles. The van der Waals surface area contributed by atoms with Crippen LogP contribution in [0.15, 0.2) is 40.8 Å². The Morgan fingerprint density at radius 3 is 2.31 bits per heavy atom. The number of hydrogen-bond donors (Lipinski definition) is 1. The molecule has 1 unspecified atom stereocenters. The molecule has 3 fully saturated rings. The summed E-state index contributed by atoms with van der Waals surface area (Å²) < 4.78 is 47.8. The number of nitrogens with zero attached hydrogens (tertiary/aromatic N) is 3. The Labute approximate surface area is 241 Å². The number of piperidine rings is 1. The minimum atomic E-state index is -3.00. The number of likely N-dealkylation sites (tertiary alicyclic amines) is 1. The Morgan fingerprint density at radius 1 is 1.07 bits per heavy atom. The second-order valence-corrected chi connectivity index (χ2v) is 13.2. The lowest BCUT2D eigenvalue weighted by Gasteiger charge is -2.47. The summed E-state index contributed by atoms with van der Waals surface area (Å²) in [5.74, 6) is -4.13. The first-order valence-electron chi connectivity index (χ1n) is 14.2. The molecule has 10 heteroatoms. The number of carbonyl (C=O) groups is 2. The highest BCUT2D eigenvalue weighted by Crippen LogP contribution is 2.56. The Kier molecular flexibility index (Phi) is 6.36. The van der Waals surface area contributed by atoms with Crippen LogP contribution in [0.25, 0.3) is 27.2 Å². The molecule has 2 aromatic heterocycles. The maximum atomic E-state index is 14.1. The fraction of sp³-hybridized carbons (Fsp3) is 0.500. The maximum absolute atomic E-state index is 14.1. The summed E-state index contributed by atoms with van der Waals surface area (Å²) in [5.41, 5.74) is -1.55. The third-order valence-electron chi connectivity index (χ3n) is 9.25. The van der Waals surface area contributed by atoms with Crippen LogP contribution in [0.2, 0.25) is 0 Å². The molecule has 42 heavy (non-hydrogen) atoms. The summed E-state index contributed by atoms with van der Waals surface area (Å²) in [7, 11) is 0. The number of ketones is 1. The zero-order valence-electron chi connectivity index (χ0n) is 23.7. The van der Waals surface area contributed by atoms with Gasteiger partial charge in [0.05, 0.1) is 29.7 Å². The number of halogens is 3. The van der Waals surface area contributed by atoms with Gasteiger partial charge in [-0.15, -0.1) is 0 Å². The molecule has 1 aromatic carbocycles. The van der Waals surface area contributed by atoms with Crippen LogP contribution in [-0.4, -0.2) is 50.3 Å². The highest BCUT2D eigenvalue weighted by molar-refractivity contribution is 5.97. The van der Waals surface area contributed by atoms with Gasteiger partial charge in [-0.2, -0.15) is 0 Å². The highest BCUT2D eigenvalue weighted by Gasteiger charge is 2.65. The van der Waals surface area contributed by atoms with Crippen molar-refractivity contribution in [2.75, 3.05) is 6.54 Å². The van der Waals surface area contributed by atoms with Crippen LogP contribution in [0.3, 0.4) is 0 Å². The summed E-state index contributed by atoms with van der Waals surface area (Å²) in [6.07, 6.45) is 0.502. The summed E-state index contributed by atoms with van der Waals surface area (Å²) in [5, 5.41) is 10.1. The summed E-state index contributed by atoms with van der Waals surface area (Å²) in [4.78, 5) is 36.8. The number of Topliss-reactive ketones (excluding diaryl/α,β-unsaturated/α-hetero) is 1. The van der Waals surface area contributed by atoms with E-state index in [1.807, 2.05) is 13.8 Å². The smallest absolute Gasteiger partial charge is 0.290 e. The lowest BCUT2D eigenvalue weighted by atomic mass is 9.65. The highest BCUT2D eigenvalue weighted by atomic mass is 19.3. The molecule has 7 nitrogen and oxygen atoms in total. The quantitative estimate of drug-likeness (QED) is 0.347. The molecule has 1 amide bonds. The number of fused-ring (bicyclic) bond motifs is 1. The van der Waals surface area contributed by atoms with Gasteiger partial charge >= 0.3 is 0 Å². The zero-order valence-corrected chi connectivity index (χ0v) is 23.7. The summed E-state index contributed by atoms with van der Waals surface area (Å²) in [6.45, 7) is 13.6. The second-order valence-electron chi connectivity index (χ2n) is 13.2. The Hall–Kier alpha value is -3.71. The molecule has 3 aliphatic rings. The number of hydrogen-bond acceptors (Lipinski definition) is 5. The summed E-state index contributed by atoms with van der Waals surface area (Å²) in [6, 6.07) is 8.54. The summed E-state index contributed by atoms with van der Waals surface area (Å²) >= 11 is 0. The molecule has 2 saturated carbocycles. The van der Waals surface area contributed by atoms with Gasteiger partial charge in [-0.05, 0) is 76.8 Å². The second kappa shape index (κ2) is 9.40. The topological polar surface area (TPSA) is 88.0 Å². The minimum Gasteiger partial charge on any atom is -0.449 e. The van der Waals surface area contributed by atoms with Crippen molar-refractivity contribution in [3.05, 3.63) is 65.0 Å². The molecule has 220 valence electrons. The van der Waals surface area contributed by atoms with Crippen LogP contribution < -0.4 is 0 Å². The fourth-order valence-electron chi connectivity index (χ4n) is 7.07. The van der Waals surface area contributed by atoms with Gasteiger partial charge in [0.2, 0.25) is 0 Å². The third kappa shape index (κ3) is 4.77. The molecule has 0 bridgehead atoms. The maximum Gasteiger partial charge on any atom is 0.290 e. The normalized spacial score (nSPS) is 27.5. The van der Waals surface area contributed by atoms with Gasteiger partial charge in [0, 0.05) is 35.5 Å². The Bertz CT molecular complexity index is 1620. The molecule has 1 saturated heterocycles. The van der Waals surface area contributed by atoms with Crippen LogP contribution in [0.1, 0.15) is 75.4 Å². The number of amides is 1. The van der Waals surface area contributed by atoms with Crippen LogP contribution in [-0.2, 0) is 10.3 Å². The number of aromatic nitrogens is 1. The van der Waals surface area contributed by atoms with Gasteiger partial charge in [-0.1, -0.05) is 0 Å². The fourth-order valence-corrected chi connectivity index (χ4v) is 7.07. The molecule has 0 spiro atoms. The van der Waals surface area contributed by atoms with Crippen molar-refractivity contribution in [1.29, 1.82) is 0 Å². The number of rotatable bonds is 5. The van der Waals surface area contributed by atoms with E-state index >= 15 is 0 Å². The first-order valence-corrected chi connectivity index (χ1v) is 14.2. The molecule has 2 aliphatic carbocycles. The average molecular weight is 580 g/mol. The van der Waals surface area contributed by atoms with Gasteiger partial charge in [-0.3, -0.25) is 9.59 Å². The number of alkyl halides is 2. The van der Waals surface area contributed by atoms with Crippen molar-refractivity contribution in [3.63, 3.8) is 0 Å². The van der Waals surface area contributed by atoms with Gasteiger partial charge in [-0.25, -0.2) is 24.7 Å². The predicted octanol–water partition coefficient (Wildman–Crippen LogP) is 6.54. The largest absolute Gasteiger partial charge is 0.449 e. The van der Waals surface area contributed by atoms with E-state index in [9.17, 15) is 27.9 Å². The number of benzene rings is 1. The predicted molar refractivity (Wildman–Crippen MR) is 148 cm³/mol. The van der Waals surface area contributed by atoms with E-state index in [1.54, 1.807) is 11.8 Å². The van der Waals surface area contributed by atoms with Crippen molar-refractivity contribution >= 4 is 22.8 Å². The van der Waals surface area contributed by atoms with E-state index in [1.165, 1.54) is 36.4 Å². The van der Waals surface area contributed by atoms with Crippen molar-refractivity contribution in [2.24, 2.45) is 11.8 Å². The number of aliphatic hydroxyl groups is 1. The first-order chi connectivity index (χ1) is 19.6. The molecule has 0 radical (unpaired) electrons. The molecular weight excluding hydrogens is 547 g/mol. The van der Waals surface area contributed by atoms with Crippen LogP contribution >= 0.6 is 0 Å². The monoisotopic (exact) mass is 579 g/mol. The molecule has 3 aromatic rings. The zero-order chi connectivity index (χ0) is 30.2. The van der Waals surface area contributed by atoms with E-state index in [2.05, 4.69) is 9.83 Å². The molecule has 1 N–H and O–H groups in total. The van der Waals surface area contributed by atoms with Crippen molar-refractivity contribution in [3.8, 4) is 11.3 Å². The number of carbonyl (C=O) groups excluding carboxylic acids is 2. The SMILES string of the molecule is [C-]#[N+]C1(c2cc(-c3ccc(F)cc3)nc3cc(C(=O)N4CCC(C(=O)C5CC(C)(O)C5)CC4(C)C)oc23)CC(F)(F)C1. The third-order valence-corrected chi connectivity index (χ3v) is 9.25. The lowest BCUT2D eigenvalue weighted by Crippen LogP contribution is -2.55. The average Bonchev–Trinajstić information content (AvgIpc) is 3.33. The van der Waals surface area contributed by atoms with Crippen LogP contribution in [0, 0.1) is 24.2 Å². The molecule has 3 heterocycles. The van der Waals surface area contributed by atoms with Gasteiger partial charge in [0.1, 0.15) is 17.1 Å². The molecular formula is C32H32F3N3O4. The van der Waals surface area contributed by atoms with E-state index < -0.39 is 47.2 Å². The van der Waals surface area contributed by atoms with E-state index in [-0.39, 0.29) is 40.0 Å². The van der Waals surface area contributed by atoms with Gasteiger partial charge < -0.3 is 19.3 Å². The van der Waals surface area contributed by atoms with Crippen LogP contribution in [0.5, 0.6) is 0 Å². The van der Waals surface area contributed by atoms with Gasteiger partial charge in [0.25, 0.3) is 17.4 Å². The number of pyridine rings is 1. The van der Waals surface area contributed by atoms with E-state index in [0.717, 1.165) is 0 Å². The first kappa shape index (κ1) is 28.4. The molecule has 6 rings (SSSR count). The lowest BCUT2D eigenvalue weighted by molar-refractivity contribution is -0.143. The standard InChI is InChI=1S/C32H32F3N3O4/c1-29(2)13-19(26(39)20-14-30(3,41)15-20)9-10-38(29)28(40)25-12-24-27(42-25)22(31(36-4)16-32(34,35)17-31)11-23(37-24)18-5-7-21(33)8-6-18/h5-8,11-12,19-20,41H,9-10,13-17H2,1-3H3. The van der Waals surface area contributed by atoms with Gasteiger partial charge in [0.15, 0.2) is 11.3 Å². The van der Waals surface area contributed by atoms with Crippen molar-refractivity contribution < 1.29 is 32.3 Å². The van der Waals surface area contributed by atoms with E-state index in [0.29, 0.717) is 43.5 Å². The molecule has 1 atom stereocenters. The minimum absolute atomic E-state index is 0.0332. The van der Waals surface area contributed by atoms with Crippen LogP contribution in [0.4, 0.5) is 13.2 Å². The number of furan rings is 1. The van der Waals surface area contributed by atoms with E-state index in [4.69, 9.17) is 11.0 Å². The van der Waals surface area contributed by atoms with Crippen molar-refractivity contribution in [1.82, 2.24) is 9.88 Å².